The fraction of sp³-hybridized carbons (Fsp3) is 0.400. The lowest BCUT2D eigenvalue weighted by molar-refractivity contribution is 0.0956. The Labute approximate surface area is 127 Å². The van der Waals surface area contributed by atoms with Crippen LogP contribution in [0, 0.1) is 11.8 Å². The van der Waals surface area contributed by atoms with E-state index in [1.165, 1.54) is 7.11 Å². The summed E-state index contributed by atoms with van der Waals surface area (Å²) < 4.78 is 16.4. The second-order valence-electron chi connectivity index (χ2n) is 4.06. The van der Waals surface area contributed by atoms with Crippen LogP contribution in [0.15, 0.2) is 18.2 Å². The van der Waals surface area contributed by atoms with Gasteiger partial charge >= 0.3 is 0 Å². The molecular weight excluding hydrogens is 290 g/mol. The Morgan fingerprint density at radius 2 is 2.24 bits per heavy atom. The monoisotopic (exact) mass is 309 g/mol. The zero-order valence-electron chi connectivity index (χ0n) is 12.1. The normalized spacial score (nSPS) is 11.2. The molecule has 1 aromatic carbocycles. The maximum Gasteiger partial charge on any atom is 0.251 e. The van der Waals surface area contributed by atoms with Crippen molar-refractivity contribution in [3.63, 3.8) is 0 Å². The highest BCUT2D eigenvalue weighted by Gasteiger charge is 2.09. The predicted octanol–water partition coefficient (Wildman–Crippen LogP) is 0.537. The summed E-state index contributed by atoms with van der Waals surface area (Å²) in [5.74, 6) is 6.58. The van der Waals surface area contributed by atoms with E-state index in [4.69, 9.17) is 9.84 Å². The maximum absolute atomic E-state index is 12.0. The van der Waals surface area contributed by atoms with Gasteiger partial charge in [-0.3, -0.25) is 9.00 Å². The van der Waals surface area contributed by atoms with E-state index in [1.807, 2.05) is 6.92 Å². The SMILES string of the molecule is CCS(=O)CCNC(=O)c1ccc(OC)c(C#CCO)c1. The van der Waals surface area contributed by atoms with Crippen LogP contribution in [0.1, 0.15) is 22.8 Å². The van der Waals surface area contributed by atoms with Crippen molar-refractivity contribution < 1.29 is 18.8 Å². The molecule has 0 spiro atoms. The van der Waals surface area contributed by atoms with Gasteiger partial charge in [0, 0.05) is 34.4 Å². The second-order valence-corrected chi connectivity index (χ2v) is 5.93. The van der Waals surface area contributed by atoms with Crippen molar-refractivity contribution in [2.75, 3.05) is 31.8 Å². The molecule has 0 radical (unpaired) electrons. The summed E-state index contributed by atoms with van der Waals surface area (Å²) in [5, 5.41) is 11.5. The summed E-state index contributed by atoms with van der Waals surface area (Å²) in [6, 6.07) is 4.89. The van der Waals surface area contributed by atoms with Gasteiger partial charge in [0.05, 0.1) is 12.7 Å². The van der Waals surface area contributed by atoms with E-state index < -0.39 is 10.8 Å². The third-order valence-corrected chi connectivity index (χ3v) is 4.00. The molecule has 0 saturated heterocycles. The van der Waals surface area contributed by atoms with E-state index >= 15 is 0 Å². The Morgan fingerprint density at radius 1 is 1.48 bits per heavy atom. The van der Waals surface area contributed by atoms with E-state index in [-0.39, 0.29) is 12.5 Å². The molecule has 1 rings (SSSR count). The van der Waals surface area contributed by atoms with Crippen molar-refractivity contribution >= 4 is 16.7 Å². The van der Waals surface area contributed by atoms with Crippen molar-refractivity contribution in [3.05, 3.63) is 29.3 Å². The summed E-state index contributed by atoms with van der Waals surface area (Å²) in [7, 11) is 0.615. The second kappa shape index (κ2) is 9.16. The van der Waals surface area contributed by atoms with Crippen molar-refractivity contribution in [2.24, 2.45) is 0 Å². The standard InChI is InChI=1S/C15H19NO4S/c1-3-21(19)10-8-16-15(18)13-6-7-14(20-2)12(11-13)5-4-9-17/h6-7,11,17H,3,8-10H2,1-2H3,(H,16,18). The van der Waals surface area contributed by atoms with Gasteiger partial charge in [0.15, 0.2) is 0 Å². The largest absolute Gasteiger partial charge is 0.495 e. The van der Waals surface area contributed by atoms with E-state index in [0.29, 0.717) is 34.9 Å². The summed E-state index contributed by atoms with van der Waals surface area (Å²) in [6.45, 7) is 1.94. The molecular formula is C15H19NO4S. The van der Waals surface area contributed by atoms with Crippen molar-refractivity contribution in [2.45, 2.75) is 6.92 Å². The number of carbonyl (C=O) groups excluding carboxylic acids is 1. The van der Waals surface area contributed by atoms with Gasteiger partial charge in [0.2, 0.25) is 0 Å². The third kappa shape index (κ3) is 5.58. The molecule has 0 aliphatic carbocycles. The molecule has 0 bridgehead atoms. The molecule has 1 amide bonds. The molecule has 1 aromatic rings. The number of aliphatic hydroxyl groups is 1. The van der Waals surface area contributed by atoms with E-state index in [9.17, 15) is 9.00 Å². The Bertz CT molecular complexity index is 575. The molecule has 6 heteroatoms. The first-order valence-electron chi connectivity index (χ1n) is 6.53. The molecule has 2 N–H and O–H groups in total. The Morgan fingerprint density at radius 3 is 2.86 bits per heavy atom. The average molecular weight is 309 g/mol. The maximum atomic E-state index is 12.0. The first kappa shape index (κ1) is 17.2. The molecule has 0 aromatic heterocycles. The van der Waals surface area contributed by atoms with Crippen LogP contribution in [0.4, 0.5) is 0 Å². The fourth-order valence-corrected chi connectivity index (χ4v) is 2.22. The molecule has 0 fully saturated rings. The van der Waals surface area contributed by atoms with Gasteiger partial charge in [0.1, 0.15) is 12.4 Å². The zero-order valence-corrected chi connectivity index (χ0v) is 13.0. The molecule has 5 nitrogen and oxygen atoms in total. The summed E-state index contributed by atoms with van der Waals surface area (Å²) in [6.07, 6.45) is 0. The van der Waals surface area contributed by atoms with Crippen LogP contribution in [-0.2, 0) is 10.8 Å². The van der Waals surface area contributed by atoms with E-state index in [2.05, 4.69) is 17.2 Å². The molecule has 0 aliphatic rings. The highest BCUT2D eigenvalue weighted by Crippen LogP contribution is 2.18. The van der Waals surface area contributed by atoms with Crippen LogP contribution in [0.2, 0.25) is 0 Å². The molecule has 0 heterocycles. The van der Waals surface area contributed by atoms with Gasteiger partial charge in [-0.25, -0.2) is 0 Å². The molecule has 1 atom stereocenters. The Balaban J connectivity index is 2.78. The zero-order chi connectivity index (χ0) is 15.7. The van der Waals surface area contributed by atoms with Crippen molar-refractivity contribution in [1.29, 1.82) is 0 Å². The predicted molar refractivity (Wildman–Crippen MR) is 82.8 cm³/mol. The number of amides is 1. The molecule has 21 heavy (non-hydrogen) atoms. The van der Waals surface area contributed by atoms with Gasteiger partial charge in [0.25, 0.3) is 5.91 Å². The van der Waals surface area contributed by atoms with Crippen LogP contribution in [0.3, 0.4) is 0 Å². The Kier molecular flexibility index (Phi) is 7.51. The summed E-state index contributed by atoms with van der Waals surface area (Å²) in [5.41, 5.74) is 0.983. The highest BCUT2D eigenvalue weighted by molar-refractivity contribution is 7.84. The number of methoxy groups -OCH3 is 1. The van der Waals surface area contributed by atoms with Gasteiger partial charge in [-0.15, -0.1) is 0 Å². The number of benzene rings is 1. The van der Waals surface area contributed by atoms with Gasteiger partial charge < -0.3 is 15.2 Å². The Hall–Kier alpha value is -1.84. The van der Waals surface area contributed by atoms with Gasteiger partial charge in [-0.2, -0.15) is 0 Å². The number of hydrogen-bond acceptors (Lipinski definition) is 4. The molecule has 0 aliphatic heterocycles. The molecule has 114 valence electrons. The van der Waals surface area contributed by atoms with Gasteiger partial charge in [-0.05, 0) is 18.2 Å². The van der Waals surface area contributed by atoms with Crippen LogP contribution >= 0.6 is 0 Å². The van der Waals surface area contributed by atoms with Crippen LogP contribution in [-0.4, -0.2) is 47.0 Å². The first-order valence-corrected chi connectivity index (χ1v) is 8.02. The number of ether oxygens (including phenoxy) is 1. The lowest BCUT2D eigenvalue weighted by Crippen LogP contribution is -2.28. The number of carbonyl (C=O) groups is 1. The van der Waals surface area contributed by atoms with E-state index in [1.54, 1.807) is 18.2 Å². The van der Waals surface area contributed by atoms with Crippen molar-refractivity contribution in [3.8, 4) is 17.6 Å². The quantitative estimate of drug-likeness (QED) is 0.752. The lowest BCUT2D eigenvalue weighted by Gasteiger charge is -2.08. The van der Waals surface area contributed by atoms with Crippen LogP contribution in [0.25, 0.3) is 0 Å². The number of aliphatic hydroxyl groups excluding tert-OH is 1. The number of rotatable bonds is 6. The molecule has 1 unspecified atom stereocenters. The first-order chi connectivity index (χ1) is 10.1. The minimum Gasteiger partial charge on any atom is -0.495 e. The fourth-order valence-electron chi connectivity index (χ4n) is 1.61. The van der Waals surface area contributed by atoms with E-state index in [0.717, 1.165) is 0 Å². The summed E-state index contributed by atoms with van der Waals surface area (Å²) in [4.78, 5) is 12.0. The smallest absolute Gasteiger partial charge is 0.251 e. The topological polar surface area (TPSA) is 75.6 Å². The summed E-state index contributed by atoms with van der Waals surface area (Å²) >= 11 is 0. The highest BCUT2D eigenvalue weighted by atomic mass is 32.2. The number of nitrogens with one attached hydrogen (secondary N) is 1. The minimum atomic E-state index is -0.898. The molecule has 0 saturated carbocycles. The van der Waals surface area contributed by atoms with Crippen LogP contribution in [0.5, 0.6) is 5.75 Å². The average Bonchev–Trinajstić information content (AvgIpc) is 2.52. The number of hydrogen-bond donors (Lipinski definition) is 2. The van der Waals surface area contributed by atoms with Crippen LogP contribution < -0.4 is 10.1 Å². The van der Waals surface area contributed by atoms with Gasteiger partial charge in [-0.1, -0.05) is 18.8 Å². The lowest BCUT2D eigenvalue weighted by atomic mass is 10.1. The van der Waals surface area contributed by atoms with Crippen molar-refractivity contribution in [1.82, 2.24) is 5.32 Å². The minimum absolute atomic E-state index is 0.252. The third-order valence-electron chi connectivity index (χ3n) is 2.70.